The summed E-state index contributed by atoms with van der Waals surface area (Å²) < 4.78 is 27.0. The molecule has 21 heavy (non-hydrogen) atoms. The van der Waals surface area contributed by atoms with Crippen LogP contribution in [0.5, 0.6) is 5.75 Å². The van der Waals surface area contributed by atoms with Gasteiger partial charge in [0.15, 0.2) is 0 Å². The Morgan fingerprint density at radius 3 is 2.00 bits per heavy atom. The summed E-state index contributed by atoms with van der Waals surface area (Å²) in [4.78, 5) is 1.83. The van der Waals surface area contributed by atoms with Crippen molar-refractivity contribution in [2.75, 3.05) is 26.2 Å². The molecule has 0 saturated carbocycles. The minimum Gasteiger partial charge on any atom is -0.508 e. The van der Waals surface area contributed by atoms with Crippen molar-refractivity contribution < 1.29 is 13.9 Å². The summed E-state index contributed by atoms with van der Waals surface area (Å²) in [5.74, 6) is 0.132. The van der Waals surface area contributed by atoms with Gasteiger partial charge in [-0.05, 0) is 42.7 Å². The van der Waals surface area contributed by atoms with Crippen LogP contribution in [0.2, 0.25) is 0 Å². The van der Waals surface area contributed by atoms with Gasteiger partial charge in [-0.25, -0.2) is 8.78 Å². The predicted octanol–water partition coefficient (Wildman–Crippen LogP) is 3.06. The summed E-state index contributed by atoms with van der Waals surface area (Å²) >= 11 is 0. The quantitative estimate of drug-likeness (QED) is 0.886. The molecule has 0 aliphatic carbocycles. The van der Waals surface area contributed by atoms with Crippen molar-refractivity contribution >= 4 is 24.8 Å². The average molecular weight is 343 g/mol. The third-order valence-electron chi connectivity index (χ3n) is 3.66. The van der Waals surface area contributed by atoms with Crippen molar-refractivity contribution in [2.24, 2.45) is 0 Å². The van der Waals surface area contributed by atoms with Crippen LogP contribution in [0.15, 0.2) is 12.1 Å². The molecule has 2 N–H and O–H groups in total. The van der Waals surface area contributed by atoms with Crippen molar-refractivity contribution in [1.82, 2.24) is 10.2 Å². The number of benzene rings is 1. The number of aryl methyl sites for hydroxylation is 2. The zero-order valence-electron chi connectivity index (χ0n) is 12.1. The Morgan fingerprint density at radius 2 is 1.57 bits per heavy atom. The zero-order chi connectivity index (χ0) is 14.0. The van der Waals surface area contributed by atoms with Crippen LogP contribution in [-0.4, -0.2) is 42.6 Å². The number of phenolic OH excluding ortho intramolecular Hbond substituents is 1. The van der Waals surface area contributed by atoms with Gasteiger partial charge in [-0.3, -0.25) is 4.90 Å². The highest BCUT2D eigenvalue weighted by Crippen LogP contribution is 2.34. The molecular formula is C14H22Cl2F2N2O. The molecule has 1 aliphatic heterocycles. The first kappa shape index (κ1) is 20.4. The molecule has 1 heterocycles. The molecule has 3 nitrogen and oxygen atoms in total. The third-order valence-corrected chi connectivity index (χ3v) is 3.66. The second-order valence-corrected chi connectivity index (χ2v) is 5.06. The Bertz CT molecular complexity index is 432. The number of alkyl halides is 2. The molecule has 2 rings (SSSR count). The number of nitrogens with one attached hydrogen (secondary N) is 1. The molecule has 0 bridgehead atoms. The highest BCUT2D eigenvalue weighted by Gasteiger charge is 2.32. The lowest BCUT2D eigenvalue weighted by Crippen LogP contribution is -2.47. The molecule has 1 fully saturated rings. The summed E-state index contributed by atoms with van der Waals surface area (Å²) in [5, 5.41) is 12.7. The van der Waals surface area contributed by atoms with Crippen molar-refractivity contribution in [3.8, 4) is 5.75 Å². The first-order valence-corrected chi connectivity index (χ1v) is 6.53. The Kier molecular flexibility index (Phi) is 8.48. The second kappa shape index (κ2) is 8.73. The highest BCUT2D eigenvalue weighted by molar-refractivity contribution is 5.85. The molecule has 1 aromatic carbocycles. The number of nitrogens with zero attached hydrogens (tertiary/aromatic N) is 1. The molecule has 1 aliphatic rings. The summed E-state index contributed by atoms with van der Waals surface area (Å²) in [6.07, 6.45) is -2.43. The van der Waals surface area contributed by atoms with Crippen LogP contribution < -0.4 is 5.32 Å². The van der Waals surface area contributed by atoms with Crippen LogP contribution in [0, 0.1) is 13.8 Å². The van der Waals surface area contributed by atoms with E-state index in [9.17, 15) is 13.9 Å². The van der Waals surface area contributed by atoms with Gasteiger partial charge in [-0.1, -0.05) is 0 Å². The topological polar surface area (TPSA) is 35.5 Å². The minimum absolute atomic E-state index is 0. The van der Waals surface area contributed by atoms with E-state index >= 15 is 0 Å². The fourth-order valence-corrected chi connectivity index (χ4v) is 2.85. The summed E-state index contributed by atoms with van der Waals surface area (Å²) in [6.45, 7) is 6.27. The highest BCUT2D eigenvalue weighted by atomic mass is 35.5. The Labute approximate surface area is 136 Å². The van der Waals surface area contributed by atoms with Gasteiger partial charge in [0, 0.05) is 26.2 Å². The summed E-state index contributed by atoms with van der Waals surface area (Å²) in [7, 11) is 0. The fourth-order valence-electron chi connectivity index (χ4n) is 2.85. The predicted molar refractivity (Wildman–Crippen MR) is 85.3 cm³/mol. The lowest BCUT2D eigenvalue weighted by Gasteiger charge is -2.36. The summed E-state index contributed by atoms with van der Waals surface area (Å²) in [5.41, 5.74) is 2.09. The Balaban J connectivity index is 0.00000200. The zero-order valence-corrected chi connectivity index (χ0v) is 13.7. The van der Waals surface area contributed by atoms with Gasteiger partial charge in [0.05, 0.1) is 6.04 Å². The monoisotopic (exact) mass is 342 g/mol. The smallest absolute Gasteiger partial charge is 0.258 e. The fraction of sp³-hybridized carbons (Fsp3) is 0.571. The van der Waals surface area contributed by atoms with Crippen LogP contribution in [0.4, 0.5) is 8.78 Å². The Hall–Kier alpha value is -0.620. The van der Waals surface area contributed by atoms with Gasteiger partial charge in [-0.15, -0.1) is 24.8 Å². The van der Waals surface area contributed by atoms with E-state index in [2.05, 4.69) is 5.32 Å². The number of piperazine rings is 1. The van der Waals surface area contributed by atoms with Crippen molar-refractivity contribution in [3.63, 3.8) is 0 Å². The van der Waals surface area contributed by atoms with Gasteiger partial charge in [0.2, 0.25) is 0 Å². The molecular weight excluding hydrogens is 321 g/mol. The number of aromatic hydroxyl groups is 1. The Morgan fingerprint density at radius 1 is 1.10 bits per heavy atom. The maximum atomic E-state index is 13.5. The van der Waals surface area contributed by atoms with Crippen LogP contribution >= 0.6 is 24.8 Å². The van der Waals surface area contributed by atoms with E-state index in [1.807, 2.05) is 4.90 Å². The normalized spacial score (nSPS) is 17.0. The lowest BCUT2D eigenvalue weighted by atomic mass is 9.94. The average Bonchev–Trinajstić information content (AvgIpc) is 2.34. The van der Waals surface area contributed by atoms with E-state index in [0.29, 0.717) is 18.7 Å². The maximum absolute atomic E-state index is 13.5. The van der Waals surface area contributed by atoms with Gasteiger partial charge in [0.25, 0.3) is 6.43 Å². The molecule has 1 aromatic rings. The van der Waals surface area contributed by atoms with Gasteiger partial charge in [-0.2, -0.15) is 0 Å². The van der Waals surface area contributed by atoms with E-state index in [1.165, 1.54) is 0 Å². The van der Waals surface area contributed by atoms with E-state index in [4.69, 9.17) is 0 Å². The van der Waals surface area contributed by atoms with Crippen molar-refractivity contribution in [1.29, 1.82) is 0 Å². The van der Waals surface area contributed by atoms with Crippen LogP contribution in [0.1, 0.15) is 22.7 Å². The van der Waals surface area contributed by atoms with E-state index in [-0.39, 0.29) is 30.6 Å². The molecule has 0 radical (unpaired) electrons. The SMILES string of the molecule is Cc1cc(O)cc(C)c1[C@H](C(F)F)N1CCNCC1.Cl.Cl. The number of halogens is 4. The lowest BCUT2D eigenvalue weighted by molar-refractivity contribution is 0.0175. The van der Waals surface area contributed by atoms with Crippen LogP contribution in [0.3, 0.4) is 0 Å². The number of hydrogen-bond acceptors (Lipinski definition) is 3. The minimum atomic E-state index is -2.43. The van der Waals surface area contributed by atoms with Crippen molar-refractivity contribution in [3.05, 3.63) is 28.8 Å². The largest absolute Gasteiger partial charge is 0.508 e. The van der Waals surface area contributed by atoms with E-state index < -0.39 is 12.5 Å². The van der Waals surface area contributed by atoms with Crippen molar-refractivity contribution in [2.45, 2.75) is 26.3 Å². The van der Waals surface area contributed by atoms with Gasteiger partial charge >= 0.3 is 0 Å². The van der Waals surface area contributed by atoms with Crippen LogP contribution in [-0.2, 0) is 0 Å². The van der Waals surface area contributed by atoms with E-state index in [0.717, 1.165) is 24.2 Å². The van der Waals surface area contributed by atoms with Gasteiger partial charge < -0.3 is 10.4 Å². The molecule has 7 heteroatoms. The number of rotatable bonds is 3. The first-order valence-electron chi connectivity index (χ1n) is 6.53. The molecule has 0 aromatic heterocycles. The number of phenols is 1. The van der Waals surface area contributed by atoms with Gasteiger partial charge in [0.1, 0.15) is 5.75 Å². The molecule has 0 unspecified atom stereocenters. The molecule has 0 spiro atoms. The molecule has 1 atom stereocenters. The molecule has 122 valence electrons. The molecule has 1 saturated heterocycles. The first-order chi connectivity index (χ1) is 9.00. The molecule has 0 amide bonds. The van der Waals surface area contributed by atoms with Crippen LogP contribution in [0.25, 0.3) is 0 Å². The maximum Gasteiger partial charge on any atom is 0.258 e. The number of hydrogen-bond donors (Lipinski definition) is 2. The van der Waals surface area contributed by atoms with E-state index in [1.54, 1.807) is 26.0 Å². The summed E-state index contributed by atoms with van der Waals surface area (Å²) in [6, 6.07) is 2.22. The third kappa shape index (κ3) is 4.68. The standard InChI is InChI=1S/C14H20F2N2O.2ClH/c1-9-7-11(19)8-10(2)12(9)13(14(15)16)18-5-3-17-4-6-18;;/h7-8,13-14,17,19H,3-6H2,1-2H3;2*1H/t13-;;/m1../s1. The second-order valence-electron chi connectivity index (χ2n) is 5.06.